The third-order valence-corrected chi connectivity index (χ3v) is 6.80. The molecule has 0 amide bonds. The summed E-state index contributed by atoms with van der Waals surface area (Å²) in [5.41, 5.74) is 0.974. The molecule has 0 aliphatic rings. The van der Waals surface area contributed by atoms with Crippen LogP contribution in [0.1, 0.15) is 180 Å². The summed E-state index contributed by atoms with van der Waals surface area (Å²) in [6.07, 6.45) is 33.0. The summed E-state index contributed by atoms with van der Waals surface area (Å²) in [6, 6.07) is 0. The van der Waals surface area contributed by atoms with Gasteiger partial charge in [0.05, 0.1) is 13.2 Å². The summed E-state index contributed by atoms with van der Waals surface area (Å²) >= 11 is 0. The quantitative estimate of drug-likeness (QED) is 0.0403. The third-order valence-electron chi connectivity index (χ3n) is 6.80. The van der Waals surface area contributed by atoms with Crippen molar-refractivity contribution in [2.24, 2.45) is 11.3 Å². The highest BCUT2D eigenvalue weighted by molar-refractivity contribution is 5.86. The number of ether oxygens (including phenoxy) is 3. The number of esters is 2. The molecule has 0 aromatic rings. The summed E-state index contributed by atoms with van der Waals surface area (Å²) in [6.45, 7) is 55.7. The van der Waals surface area contributed by atoms with Crippen molar-refractivity contribution >= 4 is 11.9 Å². The van der Waals surface area contributed by atoms with Crippen LogP contribution in [0.4, 0.5) is 0 Å². The molecule has 0 aromatic heterocycles. The van der Waals surface area contributed by atoms with Crippen molar-refractivity contribution in [1.29, 1.82) is 0 Å². The van der Waals surface area contributed by atoms with E-state index in [1.807, 2.05) is 44.2 Å². The van der Waals surface area contributed by atoms with Gasteiger partial charge in [0, 0.05) is 25.4 Å². The Morgan fingerprint density at radius 3 is 1.24 bits per heavy atom. The second-order valence-corrected chi connectivity index (χ2v) is 14.0. The van der Waals surface area contributed by atoms with Gasteiger partial charge in [-0.1, -0.05) is 209 Å². The lowest BCUT2D eigenvalue weighted by Gasteiger charge is -2.22. The minimum absolute atomic E-state index is 0.277. The molecule has 0 saturated heterocycles. The number of carbonyl (C=O) groups is 2. The maximum Gasteiger partial charge on any atom is 0.333 e. The molecule has 58 heavy (non-hydrogen) atoms. The van der Waals surface area contributed by atoms with Crippen LogP contribution in [0.5, 0.6) is 0 Å². The Hall–Kier alpha value is -3.44. The van der Waals surface area contributed by atoms with Crippen molar-refractivity contribution in [2.75, 3.05) is 26.9 Å². The Bertz CT molecular complexity index is 898. The van der Waals surface area contributed by atoms with E-state index in [0.29, 0.717) is 24.2 Å². The standard InChI is InChI=1S/C9H16O2.C8H14O2.C7H16.C7H12.C5H10O.C5H10.C5H8.C4H10.C3H6/c1-4-5-6-7-11-9(10)8(2)3;1-3-5-6-7-10-8(9)4-2;1-6(2)7(3,4)5;1-3-5-7-6-4-2;1-3-4-5-6-2;2*1-3-5-4-2;1-3-4-2;1-3-2/h2,4-7H2,1,3H3;4H,2-3,5-7H2,1H3;6H,1-5H3;3,5,7H,1,4,6H2,2H3;3H,1,4-5H2,2H3;3H,1,4-5H2,2H3;3-5H,1H2,2H3;3-4H2,1-2H3;3H,1H2,2H3/b;;;7-5+;;;5-4+;;. The van der Waals surface area contributed by atoms with Crippen molar-refractivity contribution in [3.05, 3.63) is 112 Å². The average Bonchev–Trinajstić information content (AvgIpc) is 3.19. The van der Waals surface area contributed by atoms with Crippen molar-refractivity contribution in [2.45, 2.75) is 180 Å². The first-order valence-electron chi connectivity index (χ1n) is 21.8. The van der Waals surface area contributed by atoms with E-state index in [4.69, 9.17) is 14.2 Å². The second kappa shape index (κ2) is 78.0. The lowest BCUT2D eigenvalue weighted by molar-refractivity contribution is -0.139. The van der Waals surface area contributed by atoms with Crippen molar-refractivity contribution in [1.82, 2.24) is 0 Å². The molecule has 5 heteroatoms. The van der Waals surface area contributed by atoms with E-state index in [9.17, 15) is 9.59 Å². The maximum atomic E-state index is 10.8. The van der Waals surface area contributed by atoms with Gasteiger partial charge in [-0.15, -0.1) is 19.7 Å². The van der Waals surface area contributed by atoms with Crippen LogP contribution < -0.4 is 0 Å². The first-order chi connectivity index (χ1) is 27.4. The van der Waals surface area contributed by atoms with Gasteiger partial charge in [0.15, 0.2) is 0 Å². The fourth-order valence-electron chi connectivity index (χ4n) is 2.12. The van der Waals surface area contributed by atoms with Gasteiger partial charge < -0.3 is 14.2 Å². The van der Waals surface area contributed by atoms with Crippen LogP contribution in [0.25, 0.3) is 0 Å². The van der Waals surface area contributed by atoms with E-state index in [1.54, 1.807) is 32.3 Å². The van der Waals surface area contributed by atoms with E-state index in [-0.39, 0.29) is 11.9 Å². The van der Waals surface area contributed by atoms with Crippen LogP contribution in [-0.2, 0) is 23.8 Å². The molecule has 0 heterocycles. The van der Waals surface area contributed by atoms with Gasteiger partial charge in [-0.3, -0.25) is 0 Å². The molecule has 0 unspecified atom stereocenters. The molecule has 0 radical (unpaired) electrons. The number of hydrogen-bond donors (Lipinski definition) is 0. The Morgan fingerprint density at radius 2 is 1.03 bits per heavy atom. The normalized spacial score (nSPS) is 9.03. The molecule has 5 nitrogen and oxygen atoms in total. The Kier molecular flexibility index (Phi) is 101. The predicted octanol–water partition coefficient (Wildman–Crippen LogP) is 17.3. The zero-order chi connectivity index (χ0) is 47.3. The predicted molar refractivity (Wildman–Crippen MR) is 268 cm³/mol. The summed E-state index contributed by atoms with van der Waals surface area (Å²) < 4.78 is 14.3. The molecular formula is C53H102O5. The minimum Gasteiger partial charge on any atom is -0.463 e. The van der Waals surface area contributed by atoms with Gasteiger partial charge in [0.2, 0.25) is 0 Å². The maximum absolute atomic E-state index is 10.8. The van der Waals surface area contributed by atoms with Crippen LogP contribution in [0.15, 0.2) is 112 Å². The largest absolute Gasteiger partial charge is 0.463 e. The molecule has 0 bridgehead atoms. The first-order valence-corrected chi connectivity index (χ1v) is 21.8. The highest BCUT2D eigenvalue weighted by atomic mass is 16.5. The van der Waals surface area contributed by atoms with Crippen LogP contribution in [0.2, 0.25) is 0 Å². The number of hydrogen-bond acceptors (Lipinski definition) is 5. The topological polar surface area (TPSA) is 61.8 Å². The SMILES string of the molecule is C=C(C)C(=O)OCCCCC.C=C/C=C/C.C=C/C=C/CCC.C=CC.C=CC(=O)OCCCCC.C=CCCC.C=CCCOC.CC(C)C(C)(C)C.CCCC. The Balaban J connectivity index is -0.0000000682. The zero-order valence-electron chi connectivity index (χ0n) is 41.7. The number of carbonyl (C=O) groups excluding carboxylic acids is 2. The van der Waals surface area contributed by atoms with Crippen molar-refractivity contribution in [3.8, 4) is 0 Å². The molecule has 0 fully saturated rings. The highest BCUT2D eigenvalue weighted by Crippen LogP contribution is 2.23. The summed E-state index contributed by atoms with van der Waals surface area (Å²) in [5, 5.41) is 0. The van der Waals surface area contributed by atoms with Gasteiger partial charge >= 0.3 is 11.9 Å². The summed E-state index contributed by atoms with van der Waals surface area (Å²) in [4.78, 5) is 21.2. The molecule has 0 aliphatic heterocycles. The van der Waals surface area contributed by atoms with Gasteiger partial charge in [-0.25, -0.2) is 9.59 Å². The number of allylic oxidation sites excluding steroid dienone is 8. The van der Waals surface area contributed by atoms with Crippen LogP contribution >= 0.6 is 0 Å². The average molecular weight is 819 g/mol. The number of unbranched alkanes of at least 4 members (excludes halogenated alkanes) is 7. The molecule has 0 rings (SSSR count). The molecule has 0 aliphatic carbocycles. The fraction of sp³-hybridized carbons (Fsp3) is 0.623. The molecular weight excluding hydrogens is 717 g/mol. The highest BCUT2D eigenvalue weighted by Gasteiger charge is 2.13. The van der Waals surface area contributed by atoms with Crippen LogP contribution in [-0.4, -0.2) is 38.9 Å². The monoisotopic (exact) mass is 819 g/mol. The molecule has 0 spiro atoms. The fourth-order valence-corrected chi connectivity index (χ4v) is 2.12. The molecule has 344 valence electrons. The van der Waals surface area contributed by atoms with E-state index in [2.05, 4.69) is 128 Å². The van der Waals surface area contributed by atoms with E-state index >= 15 is 0 Å². The third kappa shape index (κ3) is 132. The second-order valence-electron chi connectivity index (χ2n) is 14.0. The molecule has 0 N–H and O–H groups in total. The van der Waals surface area contributed by atoms with Gasteiger partial charge in [-0.2, -0.15) is 0 Å². The van der Waals surface area contributed by atoms with Crippen LogP contribution in [0, 0.1) is 11.3 Å². The Morgan fingerprint density at radius 1 is 0.621 bits per heavy atom. The summed E-state index contributed by atoms with van der Waals surface area (Å²) in [5.74, 6) is 0.199. The van der Waals surface area contributed by atoms with E-state index in [1.165, 1.54) is 38.2 Å². The minimum atomic E-state index is -0.323. The number of rotatable bonds is 20. The van der Waals surface area contributed by atoms with E-state index in [0.717, 1.165) is 63.9 Å². The van der Waals surface area contributed by atoms with E-state index < -0.39 is 0 Å². The van der Waals surface area contributed by atoms with Crippen LogP contribution in [0.3, 0.4) is 0 Å². The first kappa shape index (κ1) is 75.4. The van der Waals surface area contributed by atoms with Gasteiger partial charge in [-0.05, 0) is 64.2 Å². The lowest BCUT2D eigenvalue weighted by atomic mass is 9.84. The molecule has 0 saturated carbocycles. The lowest BCUT2D eigenvalue weighted by Crippen LogP contribution is -2.12. The molecule has 0 atom stereocenters. The van der Waals surface area contributed by atoms with Gasteiger partial charge in [0.1, 0.15) is 0 Å². The zero-order valence-corrected chi connectivity index (χ0v) is 41.7. The van der Waals surface area contributed by atoms with Crippen molar-refractivity contribution < 1.29 is 23.8 Å². The Labute approximate surface area is 365 Å². The number of methoxy groups -OCH3 is 1. The van der Waals surface area contributed by atoms with Gasteiger partial charge in [0.25, 0.3) is 0 Å². The summed E-state index contributed by atoms with van der Waals surface area (Å²) in [7, 11) is 1.68. The molecule has 0 aromatic carbocycles. The van der Waals surface area contributed by atoms with Crippen molar-refractivity contribution in [3.63, 3.8) is 0 Å². The smallest absolute Gasteiger partial charge is 0.333 e.